The number of amides is 1. The van der Waals surface area contributed by atoms with Crippen LogP contribution in [-0.4, -0.2) is 43.7 Å². The van der Waals surface area contributed by atoms with Crippen molar-refractivity contribution in [2.24, 2.45) is 17.1 Å². The van der Waals surface area contributed by atoms with Crippen molar-refractivity contribution in [3.63, 3.8) is 0 Å². The number of carbonyl (C=O) groups is 1. The Labute approximate surface area is 111 Å². The van der Waals surface area contributed by atoms with Crippen LogP contribution in [0.15, 0.2) is 0 Å². The maximum Gasteiger partial charge on any atom is 0.248 e. The van der Waals surface area contributed by atoms with Gasteiger partial charge in [0.05, 0.1) is 6.61 Å². The van der Waals surface area contributed by atoms with E-state index in [-0.39, 0.29) is 12.5 Å². The largest absolute Gasteiger partial charge is 0.370 e. The molecule has 1 amide bonds. The van der Waals surface area contributed by atoms with E-state index in [0.717, 1.165) is 25.9 Å². The van der Waals surface area contributed by atoms with E-state index in [2.05, 4.69) is 20.8 Å². The number of likely N-dealkylation sites (tertiary alicyclic amines) is 1. The topological polar surface area (TPSA) is 55.6 Å². The number of ether oxygens (including phenoxy) is 1. The van der Waals surface area contributed by atoms with Crippen molar-refractivity contribution in [1.29, 1.82) is 0 Å². The Balaban J connectivity index is 2.39. The maximum absolute atomic E-state index is 11.9. The van der Waals surface area contributed by atoms with Crippen LogP contribution in [0, 0.1) is 11.3 Å². The van der Waals surface area contributed by atoms with Crippen molar-refractivity contribution in [3.05, 3.63) is 0 Å². The molecule has 0 radical (unpaired) electrons. The van der Waals surface area contributed by atoms with E-state index in [4.69, 9.17) is 10.5 Å². The van der Waals surface area contributed by atoms with Gasteiger partial charge in [0.25, 0.3) is 0 Å². The molecular formula is C14H28N2O2. The van der Waals surface area contributed by atoms with Gasteiger partial charge in [-0.2, -0.15) is 0 Å². The van der Waals surface area contributed by atoms with Crippen LogP contribution >= 0.6 is 0 Å². The van der Waals surface area contributed by atoms with Gasteiger partial charge in [0.2, 0.25) is 5.91 Å². The molecule has 0 spiro atoms. The van der Waals surface area contributed by atoms with Crippen molar-refractivity contribution >= 4 is 5.91 Å². The molecule has 1 atom stereocenters. The molecule has 0 saturated carbocycles. The molecule has 4 heteroatoms. The van der Waals surface area contributed by atoms with Crippen molar-refractivity contribution in [3.8, 4) is 0 Å². The molecule has 1 saturated heterocycles. The first-order chi connectivity index (χ1) is 8.45. The second-order valence-corrected chi connectivity index (χ2v) is 6.22. The van der Waals surface area contributed by atoms with Crippen LogP contribution in [0.3, 0.4) is 0 Å². The molecular weight excluding hydrogens is 228 g/mol. The zero-order chi connectivity index (χ0) is 13.6. The van der Waals surface area contributed by atoms with E-state index in [9.17, 15) is 4.79 Å². The predicted molar refractivity (Wildman–Crippen MR) is 73.2 cm³/mol. The van der Waals surface area contributed by atoms with Gasteiger partial charge in [-0.3, -0.25) is 4.79 Å². The summed E-state index contributed by atoms with van der Waals surface area (Å²) in [7, 11) is 0. The molecule has 0 aromatic carbocycles. The SMILES string of the molecule is CC(C)(C)C1CCCN(C(=O)COCCN)CC1. The molecule has 1 rings (SSSR count). The van der Waals surface area contributed by atoms with Gasteiger partial charge in [-0.05, 0) is 30.6 Å². The van der Waals surface area contributed by atoms with Gasteiger partial charge in [-0.25, -0.2) is 0 Å². The first-order valence-electron chi connectivity index (χ1n) is 7.00. The molecule has 1 unspecified atom stereocenters. The Morgan fingerprint density at radius 1 is 1.33 bits per heavy atom. The number of nitrogens with two attached hydrogens (primary N) is 1. The van der Waals surface area contributed by atoms with Gasteiger partial charge in [-0.1, -0.05) is 20.8 Å². The molecule has 18 heavy (non-hydrogen) atoms. The lowest BCUT2D eigenvalue weighted by atomic mass is 9.77. The molecule has 0 aromatic heterocycles. The van der Waals surface area contributed by atoms with E-state index in [0.29, 0.717) is 24.5 Å². The van der Waals surface area contributed by atoms with Gasteiger partial charge >= 0.3 is 0 Å². The van der Waals surface area contributed by atoms with Crippen molar-refractivity contribution in [2.75, 3.05) is 32.8 Å². The minimum absolute atomic E-state index is 0.109. The fraction of sp³-hybridized carbons (Fsp3) is 0.929. The summed E-state index contributed by atoms with van der Waals surface area (Å²) in [4.78, 5) is 13.9. The van der Waals surface area contributed by atoms with Gasteiger partial charge in [0, 0.05) is 19.6 Å². The van der Waals surface area contributed by atoms with E-state index in [1.807, 2.05) is 4.90 Å². The molecule has 1 heterocycles. The summed E-state index contributed by atoms with van der Waals surface area (Å²) in [6.45, 7) is 9.73. The molecule has 2 N–H and O–H groups in total. The molecule has 0 aliphatic carbocycles. The highest BCUT2D eigenvalue weighted by molar-refractivity contribution is 5.77. The first kappa shape index (κ1) is 15.4. The smallest absolute Gasteiger partial charge is 0.248 e. The fourth-order valence-corrected chi connectivity index (χ4v) is 2.55. The summed E-state index contributed by atoms with van der Waals surface area (Å²) >= 11 is 0. The van der Waals surface area contributed by atoms with E-state index < -0.39 is 0 Å². The highest BCUT2D eigenvalue weighted by Crippen LogP contribution is 2.34. The third kappa shape index (κ3) is 4.94. The summed E-state index contributed by atoms with van der Waals surface area (Å²) in [5.41, 5.74) is 5.68. The zero-order valence-electron chi connectivity index (χ0n) is 12.1. The molecule has 0 aromatic rings. The highest BCUT2D eigenvalue weighted by Gasteiger charge is 2.28. The van der Waals surface area contributed by atoms with Gasteiger partial charge in [0.15, 0.2) is 0 Å². The lowest BCUT2D eigenvalue weighted by Crippen LogP contribution is -2.35. The molecule has 106 valence electrons. The Hall–Kier alpha value is -0.610. The maximum atomic E-state index is 11.9. The van der Waals surface area contributed by atoms with Crippen LogP contribution in [0.5, 0.6) is 0 Å². The number of rotatable bonds is 4. The second kappa shape index (κ2) is 7.10. The van der Waals surface area contributed by atoms with Gasteiger partial charge in [-0.15, -0.1) is 0 Å². The second-order valence-electron chi connectivity index (χ2n) is 6.22. The Bertz CT molecular complexity index is 261. The summed E-state index contributed by atoms with van der Waals surface area (Å²) < 4.78 is 5.22. The standard InChI is InChI=1S/C14H28N2O2/c1-14(2,3)12-5-4-8-16(9-6-12)13(17)11-18-10-7-15/h12H,4-11,15H2,1-3H3. The number of hydrogen-bond donors (Lipinski definition) is 1. The first-order valence-corrected chi connectivity index (χ1v) is 7.00. The Morgan fingerprint density at radius 3 is 2.67 bits per heavy atom. The van der Waals surface area contributed by atoms with Gasteiger partial charge < -0.3 is 15.4 Å². The van der Waals surface area contributed by atoms with Crippen molar-refractivity contribution in [1.82, 2.24) is 4.90 Å². The molecule has 1 fully saturated rings. The van der Waals surface area contributed by atoms with Crippen LogP contribution in [0.2, 0.25) is 0 Å². The average Bonchev–Trinajstić information content (AvgIpc) is 2.54. The highest BCUT2D eigenvalue weighted by atomic mass is 16.5. The monoisotopic (exact) mass is 256 g/mol. The number of hydrogen-bond acceptors (Lipinski definition) is 3. The third-order valence-electron chi connectivity index (χ3n) is 3.79. The summed E-state index contributed by atoms with van der Waals surface area (Å²) in [5.74, 6) is 0.818. The van der Waals surface area contributed by atoms with Crippen molar-refractivity contribution < 1.29 is 9.53 Å². The van der Waals surface area contributed by atoms with E-state index in [1.165, 1.54) is 6.42 Å². The van der Waals surface area contributed by atoms with Crippen LogP contribution in [0.1, 0.15) is 40.0 Å². The predicted octanol–water partition coefficient (Wildman–Crippen LogP) is 1.64. The average molecular weight is 256 g/mol. The van der Waals surface area contributed by atoms with Crippen LogP contribution in [0.25, 0.3) is 0 Å². The Kier molecular flexibility index (Phi) is 6.09. The van der Waals surface area contributed by atoms with E-state index >= 15 is 0 Å². The molecule has 1 aliphatic rings. The lowest BCUT2D eigenvalue weighted by Gasteiger charge is -2.29. The fourth-order valence-electron chi connectivity index (χ4n) is 2.55. The normalized spacial score (nSPS) is 21.8. The summed E-state index contributed by atoms with van der Waals surface area (Å²) in [5, 5.41) is 0. The number of carbonyl (C=O) groups excluding carboxylic acids is 1. The quantitative estimate of drug-likeness (QED) is 0.778. The zero-order valence-corrected chi connectivity index (χ0v) is 12.1. The van der Waals surface area contributed by atoms with Crippen LogP contribution in [0.4, 0.5) is 0 Å². The minimum Gasteiger partial charge on any atom is -0.370 e. The molecule has 0 bridgehead atoms. The van der Waals surface area contributed by atoms with E-state index in [1.54, 1.807) is 0 Å². The molecule has 1 aliphatic heterocycles. The van der Waals surface area contributed by atoms with Crippen LogP contribution in [-0.2, 0) is 9.53 Å². The summed E-state index contributed by atoms with van der Waals surface area (Å²) in [6, 6.07) is 0. The Morgan fingerprint density at radius 2 is 2.06 bits per heavy atom. The van der Waals surface area contributed by atoms with Crippen molar-refractivity contribution in [2.45, 2.75) is 40.0 Å². The summed E-state index contributed by atoms with van der Waals surface area (Å²) in [6.07, 6.45) is 3.42. The minimum atomic E-state index is 0.109. The lowest BCUT2D eigenvalue weighted by molar-refractivity contribution is -0.136. The van der Waals surface area contributed by atoms with Crippen LogP contribution < -0.4 is 5.73 Å². The van der Waals surface area contributed by atoms with Gasteiger partial charge in [0.1, 0.15) is 6.61 Å². The third-order valence-corrected chi connectivity index (χ3v) is 3.79. The number of nitrogens with zero attached hydrogens (tertiary/aromatic N) is 1. The molecule has 4 nitrogen and oxygen atoms in total.